The lowest BCUT2D eigenvalue weighted by Crippen LogP contribution is -2.47. The quantitative estimate of drug-likeness (QED) is 0.424. The first-order valence-corrected chi connectivity index (χ1v) is 13.4. The fraction of sp³-hybridized carbons (Fsp3) is 0.419. The van der Waals surface area contributed by atoms with Crippen molar-refractivity contribution in [2.75, 3.05) is 25.5 Å². The van der Waals surface area contributed by atoms with Crippen molar-refractivity contribution in [3.63, 3.8) is 0 Å². The number of piperidine rings is 1. The second-order valence-electron chi connectivity index (χ2n) is 10.4. The van der Waals surface area contributed by atoms with Gasteiger partial charge in [-0.25, -0.2) is 4.98 Å². The van der Waals surface area contributed by atoms with Gasteiger partial charge in [-0.2, -0.15) is 0 Å². The predicted molar refractivity (Wildman–Crippen MR) is 148 cm³/mol. The van der Waals surface area contributed by atoms with Crippen molar-refractivity contribution in [3.05, 3.63) is 88.6 Å². The van der Waals surface area contributed by atoms with E-state index in [1.54, 1.807) is 0 Å². The number of aryl methyl sites for hydroxylation is 1. The third-order valence-electron chi connectivity index (χ3n) is 7.90. The summed E-state index contributed by atoms with van der Waals surface area (Å²) in [5.41, 5.74) is 6.03. The van der Waals surface area contributed by atoms with Crippen LogP contribution in [0.4, 0.5) is 5.82 Å². The Kier molecular flexibility index (Phi) is 7.75. The van der Waals surface area contributed by atoms with Crippen molar-refractivity contribution in [2.24, 2.45) is 5.92 Å². The number of nitrogens with one attached hydrogen (secondary N) is 2. The van der Waals surface area contributed by atoms with Crippen molar-refractivity contribution in [1.82, 2.24) is 15.2 Å². The first-order chi connectivity index (χ1) is 18.0. The predicted octanol–water partition coefficient (Wildman–Crippen LogP) is 5.20. The lowest BCUT2D eigenvalue weighted by atomic mass is 9.80. The zero-order chi connectivity index (χ0) is 25.8. The number of ether oxygens (including phenoxy) is 1. The van der Waals surface area contributed by atoms with Crippen molar-refractivity contribution >= 4 is 11.7 Å². The van der Waals surface area contributed by atoms with Crippen LogP contribution in [0.15, 0.2) is 60.8 Å². The summed E-state index contributed by atoms with van der Waals surface area (Å²) in [5, 5.41) is 6.53. The molecule has 6 nitrogen and oxygen atoms in total. The number of carbonyl (C=O) groups is 1. The van der Waals surface area contributed by atoms with Crippen LogP contribution in [0.3, 0.4) is 0 Å². The Morgan fingerprint density at radius 3 is 2.70 bits per heavy atom. The van der Waals surface area contributed by atoms with Crippen LogP contribution in [-0.4, -0.2) is 42.0 Å². The van der Waals surface area contributed by atoms with Gasteiger partial charge < -0.3 is 20.3 Å². The Labute approximate surface area is 220 Å². The molecule has 0 unspecified atom stereocenters. The number of carbonyl (C=O) groups excluding carboxylic acids is 1. The number of hydrogen-bond acceptors (Lipinski definition) is 5. The normalized spacial score (nSPS) is 19.3. The molecule has 2 heterocycles. The fourth-order valence-corrected chi connectivity index (χ4v) is 5.33. The van der Waals surface area contributed by atoms with Crippen LogP contribution in [0.5, 0.6) is 5.75 Å². The number of pyridine rings is 1. The highest BCUT2D eigenvalue weighted by atomic mass is 16.5. The van der Waals surface area contributed by atoms with E-state index >= 15 is 0 Å². The Morgan fingerprint density at radius 1 is 1.11 bits per heavy atom. The van der Waals surface area contributed by atoms with Gasteiger partial charge in [-0.3, -0.25) is 4.79 Å². The van der Waals surface area contributed by atoms with E-state index in [1.165, 1.54) is 22.3 Å². The summed E-state index contributed by atoms with van der Waals surface area (Å²) in [6, 6.07) is 19.1. The molecule has 0 spiro atoms. The molecule has 37 heavy (non-hydrogen) atoms. The average Bonchev–Trinajstić information content (AvgIpc) is 3.78. The smallest absolute Gasteiger partial charge is 0.228 e. The highest BCUT2D eigenvalue weighted by Gasteiger charge is 2.40. The van der Waals surface area contributed by atoms with Gasteiger partial charge in [0.15, 0.2) is 0 Å². The van der Waals surface area contributed by atoms with Gasteiger partial charge in [0.2, 0.25) is 5.91 Å². The largest absolute Gasteiger partial charge is 0.489 e. The molecular weight excluding hydrogens is 460 g/mol. The van der Waals surface area contributed by atoms with Gasteiger partial charge in [-0.05, 0) is 86.0 Å². The molecule has 6 heteroatoms. The first kappa shape index (κ1) is 25.3. The van der Waals surface area contributed by atoms with E-state index in [9.17, 15) is 4.79 Å². The minimum Gasteiger partial charge on any atom is -0.489 e. The van der Waals surface area contributed by atoms with E-state index in [0.29, 0.717) is 25.7 Å². The number of amides is 1. The van der Waals surface area contributed by atoms with Crippen molar-refractivity contribution < 1.29 is 9.53 Å². The van der Waals surface area contributed by atoms with Crippen molar-refractivity contribution in [3.8, 4) is 5.75 Å². The van der Waals surface area contributed by atoms with Gasteiger partial charge in [0.25, 0.3) is 0 Å². The van der Waals surface area contributed by atoms with Gasteiger partial charge in [-0.15, -0.1) is 0 Å². The van der Waals surface area contributed by atoms with Crippen LogP contribution in [0.2, 0.25) is 0 Å². The summed E-state index contributed by atoms with van der Waals surface area (Å²) in [5.74, 6) is 2.05. The molecule has 1 aliphatic carbocycles. The van der Waals surface area contributed by atoms with Crippen molar-refractivity contribution in [1.29, 1.82) is 0 Å². The minimum absolute atomic E-state index is 0.0759. The molecule has 2 N–H and O–H groups in total. The molecule has 194 valence electrons. The number of rotatable bonds is 9. The number of hydrogen-bond donors (Lipinski definition) is 2. The molecule has 1 aliphatic heterocycles. The summed E-state index contributed by atoms with van der Waals surface area (Å²) in [6.45, 7) is 7.11. The van der Waals surface area contributed by atoms with Gasteiger partial charge in [-0.1, -0.05) is 36.4 Å². The highest BCUT2D eigenvalue weighted by molar-refractivity contribution is 5.81. The Hall–Kier alpha value is -3.38. The monoisotopic (exact) mass is 498 g/mol. The number of aromatic nitrogens is 1. The van der Waals surface area contributed by atoms with Crippen LogP contribution >= 0.6 is 0 Å². The number of anilines is 1. The second kappa shape index (κ2) is 11.3. The molecule has 2 atom stereocenters. The summed E-state index contributed by atoms with van der Waals surface area (Å²) < 4.78 is 6.12. The van der Waals surface area contributed by atoms with Crippen LogP contribution in [-0.2, 0) is 17.9 Å². The topological polar surface area (TPSA) is 66.5 Å². The molecule has 0 radical (unpaired) electrons. The maximum Gasteiger partial charge on any atom is 0.228 e. The van der Waals surface area contributed by atoms with Crippen LogP contribution in [0, 0.1) is 19.8 Å². The molecular formula is C31H38N4O2. The van der Waals surface area contributed by atoms with Gasteiger partial charge in [0.05, 0.1) is 5.92 Å². The van der Waals surface area contributed by atoms with Gasteiger partial charge in [0, 0.05) is 37.9 Å². The molecule has 1 amide bonds. The second-order valence-corrected chi connectivity index (χ2v) is 10.4. The molecule has 1 saturated heterocycles. The summed E-state index contributed by atoms with van der Waals surface area (Å²) in [4.78, 5) is 20.6. The molecule has 2 aliphatic rings. The Morgan fingerprint density at radius 2 is 1.95 bits per heavy atom. The van der Waals surface area contributed by atoms with E-state index in [-0.39, 0.29) is 17.7 Å². The molecule has 0 bridgehead atoms. The van der Waals surface area contributed by atoms with E-state index in [1.807, 2.05) is 37.5 Å². The van der Waals surface area contributed by atoms with E-state index in [2.05, 4.69) is 64.7 Å². The highest BCUT2D eigenvalue weighted by Crippen LogP contribution is 2.37. The summed E-state index contributed by atoms with van der Waals surface area (Å²) in [6.07, 6.45) is 4.99. The minimum atomic E-state index is -0.0759. The lowest BCUT2D eigenvalue weighted by molar-refractivity contribution is -0.138. The van der Waals surface area contributed by atoms with Crippen molar-refractivity contribution in [2.45, 2.75) is 58.2 Å². The SMILES string of the molecule is CNc1ccc(COc2cccc([C@H]3CCNC[C@@H]3C(=O)N(Cc3cccc(C)c3C)C3CC3)c2)cn1. The average molecular weight is 499 g/mol. The third kappa shape index (κ3) is 5.96. The molecule has 5 rings (SSSR count). The van der Waals surface area contributed by atoms with Crippen LogP contribution in [0.1, 0.15) is 53.0 Å². The number of nitrogens with zero attached hydrogens (tertiary/aromatic N) is 2. The first-order valence-electron chi connectivity index (χ1n) is 13.4. The lowest BCUT2D eigenvalue weighted by Gasteiger charge is -2.36. The zero-order valence-electron chi connectivity index (χ0n) is 22.2. The standard InChI is InChI=1S/C31H38N4O2/c1-21-6-4-8-25(22(21)2)19-35(26-11-12-26)31(36)29-18-33-15-14-28(29)24-7-5-9-27(16-24)37-20-23-10-13-30(32-3)34-17-23/h4-10,13,16-17,26,28-29,33H,11-12,14-15,18-20H2,1-3H3,(H,32,34)/t28-,29+/m1/s1. The van der Waals surface area contributed by atoms with Gasteiger partial charge >= 0.3 is 0 Å². The van der Waals surface area contributed by atoms with Gasteiger partial charge in [0.1, 0.15) is 18.2 Å². The third-order valence-corrected chi connectivity index (χ3v) is 7.90. The van der Waals surface area contributed by atoms with Crippen LogP contribution in [0.25, 0.3) is 0 Å². The molecule has 1 aromatic heterocycles. The number of benzene rings is 2. The molecule has 2 fully saturated rings. The van der Waals surface area contributed by atoms with Crippen LogP contribution < -0.4 is 15.4 Å². The summed E-state index contributed by atoms with van der Waals surface area (Å²) >= 11 is 0. The Balaban J connectivity index is 1.31. The van der Waals surface area contributed by atoms with E-state index < -0.39 is 0 Å². The van der Waals surface area contributed by atoms with E-state index in [0.717, 1.165) is 42.9 Å². The molecule has 3 aromatic rings. The molecule has 2 aromatic carbocycles. The maximum atomic E-state index is 14.1. The summed E-state index contributed by atoms with van der Waals surface area (Å²) in [7, 11) is 1.86. The molecule has 1 saturated carbocycles. The fourth-order valence-electron chi connectivity index (χ4n) is 5.33. The maximum absolute atomic E-state index is 14.1. The van der Waals surface area contributed by atoms with E-state index in [4.69, 9.17) is 4.74 Å². The Bertz CT molecular complexity index is 1220. The zero-order valence-corrected chi connectivity index (χ0v) is 22.2.